The van der Waals surface area contributed by atoms with Gasteiger partial charge in [0, 0.05) is 73.8 Å². The third-order valence-electron chi connectivity index (χ3n) is 10.0. The number of amides is 1. The highest BCUT2D eigenvalue weighted by atomic mass is 127. The highest BCUT2D eigenvalue weighted by Crippen LogP contribution is 2.30. The van der Waals surface area contributed by atoms with Crippen LogP contribution in [0.3, 0.4) is 0 Å². The zero-order valence-corrected chi connectivity index (χ0v) is 31.1. The lowest BCUT2D eigenvalue weighted by Gasteiger charge is -2.50. The Kier molecular flexibility index (Phi) is 12.4. The third-order valence-corrected chi connectivity index (χ3v) is 10.0. The number of anilines is 1. The maximum atomic E-state index is 14.1. The van der Waals surface area contributed by atoms with Crippen molar-refractivity contribution in [1.82, 2.24) is 9.47 Å². The van der Waals surface area contributed by atoms with E-state index in [1.165, 1.54) is 81.3 Å². The van der Waals surface area contributed by atoms with Gasteiger partial charge in [0.25, 0.3) is 5.91 Å². The van der Waals surface area contributed by atoms with Crippen molar-refractivity contribution in [3.05, 3.63) is 88.2 Å². The second-order valence-corrected chi connectivity index (χ2v) is 13.0. The number of quaternary nitrogens is 1. The SMILES string of the molecule is CCN(C(=O)c1cn(-c2cc(OC)cc(OCCCCCC[N+]34CCN(CC3)CC4)c2)c2cc(OC)ccc2c1=O)c1cc(F)cc(F)c1.[I-]. The predicted octanol–water partition coefficient (Wildman–Crippen LogP) is 3.04. The summed E-state index contributed by atoms with van der Waals surface area (Å²) < 4.78 is 48.6. The summed E-state index contributed by atoms with van der Waals surface area (Å²) in [7, 11) is 3.10. The lowest BCUT2D eigenvalue weighted by molar-refractivity contribution is -0.941. The van der Waals surface area contributed by atoms with Gasteiger partial charge in [0.15, 0.2) is 0 Å². The van der Waals surface area contributed by atoms with Crippen LogP contribution in [0, 0.1) is 11.6 Å². The molecule has 12 heteroatoms. The van der Waals surface area contributed by atoms with Crippen LogP contribution in [0.5, 0.6) is 17.2 Å². The Morgan fingerprint density at radius 2 is 1.50 bits per heavy atom. The first-order chi connectivity index (χ1) is 23.7. The molecular formula is C38H45F2IN4O5. The van der Waals surface area contributed by atoms with Crippen LogP contribution in [0.2, 0.25) is 0 Å². The van der Waals surface area contributed by atoms with Crippen molar-refractivity contribution in [3.8, 4) is 22.9 Å². The van der Waals surface area contributed by atoms with E-state index in [-0.39, 0.29) is 47.2 Å². The zero-order chi connectivity index (χ0) is 34.5. The van der Waals surface area contributed by atoms with Crippen molar-refractivity contribution in [2.75, 3.05) is 78.1 Å². The molecule has 3 saturated heterocycles. The number of rotatable bonds is 14. The van der Waals surface area contributed by atoms with Gasteiger partial charge in [0.05, 0.1) is 58.2 Å². The summed E-state index contributed by atoms with van der Waals surface area (Å²) in [4.78, 5) is 31.5. The molecule has 1 aromatic heterocycles. The molecule has 0 unspecified atom stereocenters. The molecule has 0 N–H and O–H groups in total. The number of nitrogens with zero attached hydrogens (tertiary/aromatic N) is 4. The van der Waals surface area contributed by atoms with Gasteiger partial charge in [-0.3, -0.25) is 14.5 Å². The van der Waals surface area contributed by atoms with Crippen molar-refractivity contribution in [2.45, 2.75) is 32.6 Å². The number of pyridine rings is 1. The lowest BCUT2D eigenvalue weighted by Crippen LogP contribution is -3.00. The molecule has 3 fully saturated rings. The molecule has 4 aromatic rings. The van der Waals surface area contributed by atoms with Crippen LogP contribution in [0.25, 0.3) is 16.6 Å². The number of halogens is 3. The van der Waals surface area contributed by atoms with Crippen LogP contribution >= 0.6 is 0 Å². The van der Waals surface area contributed by atoms with Crippen LogP contribution < -0.4 is 48.5 Å². The second kappa shape index (κ2) is 16.5. The average molecular weight is 803 g/mol. The van der Waals surface area contributed by atoms with E-state index in [2.05, 4.69) is 4.90 Å². The fourth-order valence-electron chi connectivity index (χ4n) is 7.14. The Bertz CT molecular complexity index is 1840. The Morgan fingerprint density at radius 3 is 2.16 bits per heavy atom. The predicted molar refractivity (Wildman–Crippen MR) is 186 cm³/mol. The molecule has 1 amide bonds. The number of benzene rings is 3. The minimum atomic E-state index is -0.822. The number of fused-ring (bicyclic) bond motifs is 4. The smallest absolute Gasteiger partial charge is 0.263 e. The highest BCUT2D eigenvalue weighted by molar-refractivity contribution is 6.07. The van der Waals surface area contributed by atoms with E-state index in [9.17, 15) is 18.4 Å². The first-order valence-corrected chi connectivity index (χ1v) is 17.1. The summed E-state index contributed by atoms with van der Waals surface area (Å²) >= 11 is 0. The van der Waals surface area contributed by atoms with Crippen molar-refractivity contribution in [2.24, 2.45) is 0 Å². The summed E-state index contributed by atoms with van der Waals surface area (Å²) in [5.41, 5.74) is 0.437. The largest absolute Gasteiger partial charge is 1.00 e. The van der Waals surface area contributed by atoms with E-state index in [1.807, 2.05) is 12.1 Å². The van der Waals surface area contributed by atoms with E-state index in [4.69, 9.17) is 14.2 Å². The first kappa shape index (κ1) is 37.5. The van der Waals surface area contributed by atoms with Gasteiger partial charge in [-0.25, -0.2) is 8.78 Å². The monoisotopic (exact) mass is 802 g/mol. The minimum Gasteiger partial charge on any atom is -1.00 e. The maximum Gasteiger partial charge on any atom is 0.263 e. The van der Waals surface area contributed by atoms with E-state index in [1.54, 1.807) is 42.9 Å². The van der Waals surface area contributed by atoms with Gasteiger partial charge in [-0.15, -0.1) is 0 Å². The van der Waals surface area contributed by atoms with Gasteiger partial charge in [-0.1, -0.05) is 0 Å². The van der Waals surface area contributed by atoms with Gasteiger partial charge in [0.2, 0.25) is 5.43 Å². The van der Waals surface area contributed by atoms with Crippen molar-refractivity contribution < 1.29 is 56.2 Å². The van der Waals surface area contributed by atoms with Crippen LogP contribution in [0.1, 0.15) is 43.0 Å². The number of ether oxygens (including phenoxy) is 3. The number of carbonyl (C=O) groups is 1. The Balaban J connectivity index is 0.00000486. The quantitative estimate of drug-likeness (QED) is 0.111. The van der Waals surface area contributed by atoms with E-state index in [0.29, 0.717) is 35.1 Å². The summed E-state index contributed by atoms with van der Waals surface area (Å²) in [5, 5.41) is 0.273. The third kappa shape index (κ3) is 8.24. The molecule has 50 heavy (non-hydrogen) atoms. The number of aromatic nitrogens is 1. The molecule has 3 aliphatic rings. The van der Waals surface area contributed by atoms with Crippen LogP contribution in [0.4, 0.5) is 14.5 Å². The van der Waals surface area contributed by atoms with Crippen molar-refractivity contribution >= 4 is 22.5 Å². The fraction of sp³-hybridized carbons (Fsp3) is 0.421. The van der Waals surface area contributed by atoms with Gasteiger partial charge in [-0.2, -0.15) is 0 Å². The molecular weight excluding hydrogens is 757 g/mol. The molecule has 3 aliphatic heterocycles. The molecule has 4 heterocycles. The Hall–Kier alpha value is -3.75. The molecule has 268 valence electrons. The zero-order valence-electron chi connectivity index (χ0n) is 28.9. The second-order valence-electron chi connectivity index (χ2n) is 13.0. The Labute approximate surface area is 308 Å². The highest BCUT2D eigenvalue weighted by Gasteiger charge is 2.37. The van der Waals surface area contributed by atoms with E-state index in [0.717, 1.165) is 31.0 Å². The number of methoxy groups -OCH3 is 2. The molecule has 0 saturated carbocycles. The molecule has 0 radical (unpaired) electrons. The molecule has 9 nitrogen and oxygen atoms in total. The minimum absolute atomic E-state index is 0. The molecule has 0 aliphatic carbocycles. The van der Waals surface area contributed by atoms with Crippen LogP contribution in [0.15, 0.2) is 65.6 Å². The van der Waals surface area contributed by atoms with Crippen molar-refractivity contribution in [1.29, 1.82) is 0 Å². The topological polar surface area (TPSA) is 73.2 Å². The summed E-state index contributed by atoms with van der Waals surface area (Å²) in [6, 6.07) is 13.3. The number of unbranched alkanes of at least 4 members (excludes halogenated alkanes) is 3. The molecule has 0 atom stereocenters. The number of piperazine rings is 3. The summed E-state index contributed by atoms with van der Waals surface area (Å²) in [6.07, 6.45) is 5.87. The summed E-state index contributed by atoms with van der Waals surface area (Å²) in [6.45, 7) is 11.2. The molecule has 7 rings (SSSR count). The maximum absolute atomic E-state index is 14.1. The van der Waals surface area contributed by atoms with Gasteiger partial charge < -0.3 is 52.1 Å². The fourth-order valence-corrected chi connectivity index (χ4v) is 7.14. The molecule has 0 spiro atoms. The first-order valence-electron chi connectivity index (χ1n) is 17.1. The lowest BCUT2D eigenvalue weighted by atomic mass is 10.1. The summed E-state index contributed by atoms with van der Waals surface area (Å²) in [5.74, 6) is -0.677. The van der Waals surface area contributed by atoms with Crippen LogP contribution in [-0.2, 0) is 0 Å². The van der Waals surface area contributed by atoms with Gasteiger partial charge in [0.1, 0.15) is 34.4 Å². The number of carbonyl (C=O) groups excluding carboxylic acids is 1. The van der Waals surface area contributed by atoms with E-state index >= 15 is 0 Å². The number of hydrogen-bond donors (Lipinski definition) is 0. The standard InChI is InChI=1S/C38H45F2N4O5.HI/c1-4-42(29-20-27(39)19-28(40)21-29)38(46)35-26-43(36-25-31(47-2)9-10-34(36)37(35)45)30-22-32(48-3)24-33(23-30)49-18-8-6-5-7-14-44-15-11-41(12-16-44)13-17-44;/h9-10,19-26H,4-8,11-18H2,1-3H3;1H/q+1;/p-1. The van der Waals surface area contributed by atoms with Crippen molar-refractivity contribution in [3.63, 3.8) is 0 Å². The average Bonchev–Trinajstić information content (AvgIpc) is 3.11. The van der Waals surface area contributed by atoms with Gasteiger partial charge >= 0.3 is 0 Å². The molecule has 3 aromatic carbocycles. The van der Waals surface area contributed by atoms with E-state index < -0.39 is 23.0 Å². The Morgan fingerprint density at radius 1 is 0.840 bits per heavy atom. The number of hydrogen-bond acceptors (Lipinski definition) is 6. The van der Waals surface area contributed by atoms with Gasteiger partial charge in [-0.05, 0) is 56.9 Å². The van der Waals surface area contributed by atoms with Crippen LogP contribution in [-0.4, -0.2) is 93.0 Å². The molecule has 2 bridgehead atoms. The normalized spacial score (nSPS) is 18.1.